The van der Waals surface area contributed by atoms with E-state index in [1.165, 1.54) is 4.90 Å². The molecule has 3 aliphatic heterocycles. The highest BCUT2D eigenvalue weighted by Crippen LogP contribution is 2.46. The lowest BCUT2D eigenvalue weighted by atomic mass is 9.70. The first-order valence-corrected chi connectivity index (χ1v) is 14.1. The van der Waals surface area contributed by atoms with Crippen molar-refractivity contribution in [3.05, 3.63) is 11.6 Å². The normalized spacial score (nSPS) is 37.5. The maximum atomic E-state index is 14.5. The number of nitriles is 1. The third-order valence-electron chi connectivity index (χ3n) is 9.35. The van der Waals surface area contributed by atoms with Gasteiger partial charge in [0.15, 0.2) is 0 Å². The number of hydrogen-bond donors (Lipinski definition) is 2. The van der Waals surface area contributed by atoms with Gasteiger partial charge < -0.3 is 15.5 Å². The average molecular weight is 590 g/mol. The molecule has 0 aromatic carbocycles. The molecule has 0 spiro atoms. The van der Waals surface area contributed by atoms with Crippen molar-refractivity contribution in [2.75, 3.05) is 26.2 Å². The Bertz CT molecular complexity index is 1140. The van der Waals surface area contributed by atoms with E-state index in [4.69, 9.17) is 0 Å². The fourth-order valence-corrected chi connectivity index (χ4v) is 7.43. The van der Waals surface area contributed by atoms with Gasteiger partial charge in [-0.2, -0.15) is 18.4 Å². The summed E-state index contributed by atoms with van der Waals surface area (Å²) in [5.74, 6) is -9.99. The summed E-state index contributed by atoms with van der Waals surface area (Å²) in [4.78, 5) is 41.1. The van der Waals surface area contributed by atoms with Gasteiger partial charge in [0.1, 0.15) is 6.17 Å². The van der Waals surface area contributed by atoms with Gasteiger partial charge in [-0.1, -0.05) is 0 Å². The number of halogens is 6. The van der Waals surface area contributed by atoms with Crippen molar-refractivity contribution in [1.82, 2.24) is 20.4 Å². The second kappa shape index (κ2) is 11.1. The molecule has 0 radical (unpaired) electrons. The highest BCUT2D eigenvalue weighted by molar-refractivity contribution is 6.03. The highest BCUT2D eigenvalue weighted by Gasteiger charge is 2.57. The molecule has 5 rings (SSSR count). The number of nitrogens with one attached hydrogen (secondary N) is 2. The third-order valence-corrected chi connectivity index (χ3v) is 9.35. The molecule has 7 unspecified atom stereocenters. The van der Waals surface area contributed by atoms with Gasteiger partial charge in [0.2, 0.25) is 17.7 Å². The van der Waals surface area contributed by atoms with E-state index in [0.29, 0.717) is 12.8 Å². The van der Waals surface area contributed by atoms with Gasteiger partial charge in [-0.05, 0) is 38.5 Å². The van der Waals surface area contributed by atoms with Crippen LogP contribution in [-0.2, 0) is 14.4 Å². The molecule has 3 heterocycles. The second-order valence-corrected chi connectivity index (χ2v) is 12.0. The quantitative estimate of drug-likeness (QED) is 0.491. The molecule has 3 amide bonds. The number of carbonyl (C=O) groups excluding carboxylic acids is 3. The molecular formula is C27H33F6N5O3. The van der Waals surface area contributed by atoms with Gasteiger partial charge in [-0.25, -0.2) is 13.2 Å². The summed E-state index contributed by atoms with van der Waals surface area (Å²) in [6.07, 6.45) is -4.54. The van der Waals surface area contributed by atoms with Crippen LogP contribution in [0.2, 0.25) is 0 Å². The van der Waals surface area contributed by atoms with Crippen molar-refractivity contribution in [3.8, 4) is 6.07 Å². The number of fused-ring (bicyclic) bond motifs is 1. The van der Waals surface area contributed by atoms with Crippen molar-refractivity contribution < 1.29 is 40.7 Å². The number of nitrogens with zero attached hydrogens (tertiary/aromatic N) is 3. The first kappa shape index (κ1) is 29.7. The Hall–Kier alpha value is -2.82. The molecule has 226 valence electrons. The van der Waals surface area contributed by atoms with E-state index in [2.05, 4.69) is 10.6 Å². The predicted molar refractivity (Wildman–Crippen MR) is 132 cm³/mol. The summed E-state index contributed by atoms with van der Waals surface area (Å²) >= 11 is 0. The number of alkyl halides is 6. The molecule has 5 aliphatic rings. The molecule has 8 nitrogen and oxygen atoms in total. The van der Waals surface area contributed by atoms with Crippen molar-refractivity contribution in [2.45, 2.75) is 81.3 Å². The van der Waals surface area contributed by atoms with E-state index in [1.807, 2.05) is 6.07 Å². The van der Waals surface area contributed by atoms with Crippen molar-refractivity contribution >= 4 is 17.7 Å². The Kier molecular flexibility index (Phi) is 8.04. The molecule has 8 atom stereocenters. The van der Waals surface area contributed by atoms with E-state index < -0.39 is 97.2 Å². The third kappa shape index (κ3) is 6.05. The standard InChI is InChI=1S/C27H33F6N5O3/c28-20-3-1-2-16-17(10-21(39)36-22(16)20)24(40)35-15-4-6-37(12-15)23-18(25(41)38-7-5-26(29,30)13-38)8-14(11-34)9-19(23)27(31,32)33/h10,14-16,18-20,22-23H,1-9,12-13H2,(H,35,40)(H,36,39)/t14?,15-,16?,18?,19?,20?,22?,23?/m1/s1. The number of amides is 3. The van der Waals surface area contributed by atoms with E-state index >= 15 is 0 Å². The Balaban J connectivity index is 1.33. The van der Waals surface area contributed by atoms with Crippen LogP contribution in [0.25, 0.3) is 0 Å². The van der Waals surface area contributed by atoms with Crippen LogP contribution in [-0.4, -0.2) is 90.1 Å². The molecule has 0 aromatic heterocycles. The summed E-state index contributed by atoms with van der Waals surface area (Å²) in [6.45, 7) is -1.06. The molecule has 4 fully saturated rings. The second-order valence-electron chi connectivity index (χ2n) is 12.0. The molecule has 2 aliphatic carbocycles. The first-order valence-electron chi connectivity index (χ1n) is 14.1. The number of carbonyl (C=O) groups is 3. The van der Waals surface area contributed by atoms with Gasteiger partial charge in [0, 0.05) is 61.6 Å². The smallest absolute Gasteiger partial charge is 0.348 e. The van der Waals surface area contributed by atoms with Crippen LogP contribution in [0.4, 0.5) is 26.3 Å². The van der Waals surface area contributed by atoms with Gasteiger partial charge in [0.25, 0.3) is 5.92 Å². The van der Waals surface area contributed by atoms with Gasteiger partial charge in [-0.15, -0.1) is 0 Å². The maximum absolute atomic E-state index is 14.5. The van der Waals surface area contributed by atoms with Crippen LogP contribution in [0.3, 0.4) is 0 Å². The largest absolute Gasteiger partial charge is 0.393 e. The van der Waals surface area contributed by atoms with E-state index in [1.54, 1.807) is 0 Å². The maximum Gasteiger partial charge on any atom is 0.393 e. The minimum absolute atomic E-state index is 0.0283. The average Bonchev–Trinajstić information content (AvgIpc) is 3.52. The minimum atomic E-state index is -4.74. The zero-order valence-corrected chi connectivity index (χ0v) is 22.3. The van der Waals surface area contributed by atoms with Gasteiger partial charge in [0.05, 0.1) is 30.5 Å². The Labute approximate surface area is 233 Å². The van der Waals surface area contributed by atoms with Crippen LogP contribution in [0.1, 0.15) is 44.9 Å². The summed E-state index contributed by atoms with van der Waals surface area (Å²) in [5.41, 5.74) is 0.144. The minimum Gasteiger partial charge on any atom is -0.348 e. The van der Waals surface area contributed by atoms with Crippen molar-refractivity contribution in [2.24, 2.45) is 23.7 Å². The zero-order chi connectivity index (χ0) is 29.7. The number of rotatable bonds is 4. The van der Waals surface area contributed by atoms with Gasteiger partial charge in [-0.3, -0.25) is 19.3 Å². The summed E-state index contributed by atoms with van der Waals surface area (Å²) in [6, 6.07) is -0.943. The lowest BCUT2D eigenvalue weighted by molar-refractivity contribution is -0.209. The monoisotopic (exact) mass is 589 g/mol. The Morgan fingerprint density at radius 1 is 1.15 bits per heavy atom. The molecular weight excluding hydrogens is 556 g/mol. The highest BCUT2D eigenvalue weighted by atomic mass is 19.4. The predicted octanol–water partition coefficient (Wildman–Crippen LogP) is 2.70. The molecule has 2 saturated heterocycles. The topological polar surface area (TPSA) is 106 Å². The van der Waals surface area contributed by atoms with E-state index in [-0.39, 0.29) is 44.5 Å². The summed E-state index contributed by atoms with van der Waals surface area (Å²) in [7, 11) is 0. The SMILES string of the molecule is N#CC1CC(C(=O)N2CCC(F)(F)C2)C(N2CC[C@@H](NC(=O)C3=CC(=O)NC4C(F)CCCC34)C2)C(C(F)(F)F)C1. The fourth-order valence-electron chi connectivity index (χ4n) is 7.43. The zero-order valence-electron chi connectivity index (χ0n) is 22.3. The van der Waals surface area contributed by atoms with Crippen molar-refractivity contribution in [3.63, 3.8) is 0 Å². The first-order chi connectivity index (χ1) is 19.3. The van der Waals surface area contributed by atoms with Crippen LogP contribution in [0.5, 0.6) is 0 Å². The van der Waals surface area contributed by atoms with Crippen LogP contribution in [0.15, 0.2) is 11.6 Å². The lowest BCUT2D eigenvalue weighted by Crippen LogP contribution is -2.58. The number of likely N-dealkylation sites (tertiary alicyclic amines) is 2. The van der Waals surface area contributed by atoms with Crippen LogP contribution < -0.4 is 10.6 Å². The summed E-state index contributed by atoms with van der Waals surface area (Å²) in [5, 5.41) is 14.8. The van der Waals surface area contributed by atoms with E-state index in [0.717, 1.165) is 11.0 Å². The molecule has 41 heavy (non-hydrogen) atoms. The molecule has 14 heteroatoms. The fraction of sp³-hybridized carbons (Fsp3) is 0.778. The molecule has 2 N–H and O–H groups in total. The Morgan fingerprint density at radius 3 is 2.56 bits per heavy atom. The van der Waals surface area contributed by atoms with E-state index in [9.17, 15) is 46.0 Å². The van der Waals surface area contributed by atoms with Crippen molar-refractivity contribution in [1.29, 1.82) is 5.26 Å². The van der Waals surface area contributed by atoms with Crippen LogP contribution in [0, 0.1) is 35.0 Å². The van der Waals surface area contributed by atoms with Crippen LogP contribution >= 0.6 is 0 Å². The lowest BCUT2D eigenvalue weighted by Gasteiger charge is -2.45. The molecule has 0 aromatic rings. The molecule has 2 saturated carbocycles. The Morgan fingerprint density at radius 2 is 1.90 bits per heavy atom. The van der Waals surface area contributed by atoms with Gasteiger partial charge >= 0.3 is 6.18 Å². The summed E-state index contributed by atoms with van der Waals surface area (Å²) < 4.78 is 85.2. The number of hydrogen-bond acceptors (Lipinski definition) is 5. The molecule has 0 bridgehead atoms.